The molecule has 0 spiro atoms. The van der Waals surface area contributed by atoms with Gasteiger partial charge in [-0.25, -0.2) is 18.6 Å². The zero-order chi connectivity index (χ0) is 27.5. The number of benzene rings is 2. The number of carbonyl (C=O) groups is 1. The summed E-state index contributed by atoms with van der Waals surface area (Å²) in [6, 6.07) is 8.09. The number of anilines is 1. The van der Waals surface area contributed by atoms with Crippen LogP contribution in [-0.2, 0) is 16.1 Å². The monoisotopic (exact) mass is 565 g/mol. The summed E-state index contributed by atoms with van der Waals surface area (Å²) < 4.78 is 47.2. The molecule has 3 atom stereocenters. The first-order chi connectivity index (χ1) is 19.4. The van der Waals surface area contributed by atoms with Crippen molar-refractivity contribution in [1.29, 1.82) is 0 Å². The fourth-order valence-electron chi connectivity index (χ4n) is 6.36. The first kappa shape index (κ1) is 25.6. The molecule has 208 valence electrons. The van der Waals surface area contributed by atoms with Crippen LogP contribution in [0, 0.1) is 18.6 Å². The van der Waals surface area contributed by atoms with Gasteiger partial charge in [-0.15, -0.1) is 0 Å². The number of aryl methyl sites for hydroxylation is 1. The Morgan fingerprint density at radius 3 is 2.52 bits per heavy atom. The summed E-state index contributed by atoms with van der Waals surface area (Å²) in [5.74, 6) is -0.748. The number of aromatic nitrogens is 2. The lowest BCUT2D eigenvalue weighted by Crippen LogP contribution is -2.45. The number of methoxy groups -OCH3 is 1. The number of carbonyl (C=O) groups excluding carboxylic acids is 1. The number of rotatable bonds is 7. The molecule has 10 heteroatoms. The molecule has 0 N–H and O–H groups in total. The molecule has 2 aliphatic heterocycles. The van der Waals surface area contributed by atoms with Crippen LogP contribution in [0.25, 0.3) is 21.5 Å². The first-order valence-corrected chi connectivity index (χ1v) is 14.5. The van der Waals surface area contributed by atoms with Crippen LogP contribution < -0.4 is 4.90 Å². The van der Waals surface area contributed by atoms with E-state index in [2.05, 4.69) is 10.1 Å². The molecule has 1 unspecified atom stereocenters. The minimum absolute atomic E-state index is 0.0102. The van der Waals surface area contributed by atoms with Crippen molar-refractivity contribution >= 4 is 32.7 Å². The maximum absolute atomic E-state index is 14.6. The number of hydrogen-bond donors (Lipinski definition) is 0. The maximum Gasteiger partial charge on any atom is 0.337 e. The van der Waals surface area contributed by atoms with E-state index in [4.69, 9.17) is 19.0 Å². The molecule has 3 fully saturated rings. The Kier molecular flexibility index (Phi) is 6.35. The van der Waals surface area contributed by atoms with Gasteiger partial charge in [0.15, 0.2) is 5.13 Å². The molecule has 4 heterocycles. The maximum atomic E-state index is 14.6. The van der Waals surface area contributed by atoms with Gasteiger partial charge in [0.1, 0.15) is 23.1 Å². The second-order valence-corrected chi connectivity index (χ2v) is 12.1. The SMILES string of the molecule is COC(=O)c1cc(C)c2nc(N3[C@@H]4CC[C@H]3CC(OCc3c(-c5c(F)cccc5F)noc3C3CC3)C4)sc2c1. The molecule has 2 aromatic heterocycles. The van der Waals surface area contributed by atoms with Crippen molar-refractivity contribution in [3.63, 3.8) is 0 Å². The summed E-state index contributed by atoms with van der Waals surface area (Å²) in [5.41, 5.74) is 3.10. The van der Waals surface area contributed by atoms with E-state index in [-0.39, 0.29) is 35.9 Å². The standard InChI is InChI=1S/C30H29F2N3O4S/c1-15-10-17(29(36)37-2)11-24-26(15)33-30(40-24)35-18-8-9-19(35)13-20(12-18)38-14-21-27(34-39-28(21)16-6-7-16)25-22(31)4-3-5-23(25)32/h3-5,10-11,16,18-20H,6-9,12-14H2,1-2H3/t18-,19+,20?. The molecule has 2 saturated heterocycles. The zero-order valence-electron chi connectivity index (χ0n) is 22.3. The summed E-state index contributed by atoms with van der Waals surface area (Å²) in [6.07, 6.45) is 5.76. The summed E-state index contributed by atoms with van der Waals surface area (Å²) in [4.78, 5) is 19.5. The summed E-state index contributed by atoms with van der Waals surface area (Å²) in [7, 11) is 1.39. The van der Waals surface area contributed by atoms with Gasteiger partial charge in [0, 0.05) is 23.6 Å². The van der Waals surface area contributed by atoms with Gasteiger partial charge >= 0.3 is 5.97 Å². The summed E-state index contributed by atoms with van der Waals surface area (Å²) in [6.45, 7) is 2.17. The van der Waals surface area contributed by atoms with Gasteiger partial charge in [-0.05, 0) is 75.3 Å². The number of esters is 1. The van der Waals surface area contributed by atoms with Crippen LogP contribution >= 0.6 is 11.3 Å². The van der Waals surface area contributed by atoms with Crippen molar-refractivity contribution in [2.45, 2.75) is 76.2 Å². The second kappa shape index (κ2) is 9.92. The lowest BCUT2D eigenvalue weighted by atomic mass is 10.00. The average molecular weight is 566 g/mol. The Morgan fingerprint density at radius 1 is 1.12 bits per heavy atom. The predicted octanol–water partition coefficient (Wildman–Crippen LogP) is 6.92. The fourth-order valence-corrected chi connectivity index (χ4v) is 7.58. The minimum atomic E-state index is -0.659. The van der Waals surface area contributed by atoms with Crippen molar-refractivity contribution in [2.75, 3.05) is 12.0 Å². The number of hydrogen-bond acceptors (Lipinski definition) is 8. The number of fused-ring (bicyclic) bond motifs is 3. The second-order valence-electron chi connectivity index (χ2n) is 11.1. The molecular weight excluding hydrogens is 536 g/mol. The lowest BCUT2D eigenvalue weighted by molar-refractivity contribution is 0.0147. The van der Waals surface area contributed by atoms with Crippen molar-refractivity contribution in [3.05, 3.63) is 64.4 Å². The van der Waals surface area contributed by atoms with E-state index in [9.17, 15) is 13.6 Å². The van der Waals surface area contributed by atoms with E-state index >= 15 is 0 Å². The van der Waals surface area contributed by atoms with Crippen LogP contribution in [0.4, 0.5) is 13.9 Å². The van der Waals surface area contributed by atoms with Gasteiger partial charge in [-0.3, -0.25) is 0 Å². The third kappa shape index (κ3) is 4.37. The van der Waals surface area contributed by atoms with Gasteiger partial charge in [0.05, 0.1) is 41.2 Å². The lowest BCUT2D eigenvalue weighted by Gasteiger charge is -2.38. The highest BCUT2D eigenvalue weighted by Gasteiger charge is 2.43. The van der Waals surface area contributed by atoms with Gasteiger partial charge in [0.25, 0.3) is 0 Å². The largest absolute Gasteiger partial charge is 0.465 e. The highest BCUT2D eigenvalue weighted by molar-refractivity contribution is 7.22. The van der Waals surface area contributed by atoms with Crippen molar-refractivity contribution in [3.8, 4) is 11.3 Å². The molecule has 4 aromatic rings. The average Bonchev–Trinajstić information content (AvgIpc) is 3.46. The Balaban J connectivity index is 1.10. The Labute approximate surface area is 234 Å². The van der Waals surface area contributed by atoms with Gasteiger partial charge in [-0.1, -0.05) is 22.6 Å². The number of thiazole rings is 1. The normalized spacial score (nSPS) is 22.3. The number of ether oxygens (including phenoxy) is 2. The molecular formula is C30H29F2N3O4S. The van der Waals surface area contributed by atoms with Crippen LogP contribution in [0.3, 0.4) is 0 Å². The van der Waals surface area contributed by atoms with E-state index in [1.54, 1.807) is 11.3 Å². The van der Waals surface area contributed by atoms with Crippen LogP contribution in [-0.4, -0.2) is 41.4 Å². The third-order valence-corrected chi connectivity index (χ3v) is 9.45. The van der Waals surface area contributed by atoms with E-state index in [0.29, 0.717) is 29.0 Å². The summed E-state index contributed by atoms with van der Waals surface area (Å²) >= 11 is 1.61. The topological polar surface area (TPSA) is 77.7 Å². The van der Waals surface area contributed by atoms with Crippen LogP contribution in [0.5, 0.6) is 0 Å². The molecule has 0 amide bonds. The highest BCUT2D eigenvalue weighted by Crippen LogP contribution is 2.46. The van der Waals surface area contributed by atoms with Crippen LogP contribution in [0.15, 0.2) is 34.9 Å². The van der Waals surface area contributed by atoms with Crippen molar-refractivity contribution < 1.29 is 27.6 Å². The smallest absolute Gasteiger partial charge is 0.337 e. The van der Waals surface area contributed by atoms with E-state index in [0.717, 1.165) is 59.4 Å². The van der Waals surface area contributed by atoms with Crippen molar-refractivity contribution in [1.82, 2.24) is 10.1 Å². The van der Waals surface area contributed by atoms with Crippen molar-refractivity contribution in [2.24, 2.45) is 0 Å². The molecule has 1 aliphatic carbocycles. The quantitative estimate of drug-likeness (QED) is 0.225. The molecule has 7 nitrogen and oxygen atoms in total. The van der Waals surface area contributed by atoms with Crippen LogP contribution in [0.2, 0.25) is 0 Å². The Morgan fingerprint density at radius 2 is 1.85 bits per heavy atom. The van der Waals surface area contributed by atoms with E-state index in [1.165, 1.54) is 25.3 Å². The van der Waals surface area contributed by atoms with Gasteiger partial charge in [0.2, 0.25) is 0 Å². The Bertz CT molecular complexity index is 1580. The Hall–Kier alpha value is -3.37. The summed E-state index contributed by atoms with van der Waals surface area (Å²) in [5, 5.41) is 5.07. The van der Waals surface area contributed by atoms with Gasteiger partial charge < -0.3 is 18.9 Å². The number of halogens is 2. The molecule has 2 aromatic carbocycles. The number of nitrogens with zero attached hydrogens (tertiary/aromatic N) is 3. The van der Waals surface area contributed by atoms with E-state index in [1.807, 2.05) is 19.1 Å². The fraction of sp³-hybridized carbons (Fsp3) is 0.433. The van der Waals surface area contributed by atoms with Gasteiger partial charge in [-0.2, -0.15) is 0 Å². The molecule has 40 heavy (non-hydrogen) atoms. The third-order valence-electron chi connectivity index (χ3n) is 8.44. The van der Waals surface area contributed by atoms with Crippen LogP contribution in [0.1, 0.15) is 71.7 Å². The molecule has 3 aliphatic rings. The minimum Gasteiger partial charge on any atom is -0.465 e. The number of piperidine rings is 1. The molecule has 0 radical (unpaired) electrons. The van der Waals surface area contributed by atoms with E-state index < -0.39 is 11.6 Å². The molecule has 1 saturated carbocycles. The molecule has 2 bridgehead atoms. The first-order valence-electron chi connectivity index (χ1n) is 13.7. The predicted molar refractivity (Wildman–Crippen MR) is 147 cm³/mol. The molecule has 7 rings (SSSR count). The zero-order valence-corrected chi connectivity index (χ0v) is 23.1. The highest BCUT2D eigenvalue weighted by atomic mass is 32.1.